The highest BCUT2D eigenvalue weighted by molar-refractivity contribution is 6.06. The van der Waals surface area contributed by atoms with Crippen molar-refractivity contribution in [1.29, 1.82) is 0 Å². The van der Waals surface area contributed by atoms with Gasteiger partial charge in [-0.1, -0.05) is 38.5 Å². The van der Waals surface area contributed by atoms with E-state index >= 15 is 0 Å². The molecule has 1 N–H and O–H groups in total. The summed E-state index contributed by atoms with van der Waals surface area (Å²) in [5.74, 6) is -0.360. The molecule has 0 spiro atoms. The Morgan fingerprint density at radius 2 is 2.06 bits per heavy atom. The molecular formula is C14H18N2O2. The molecule has 0 radical (unpaired) electrons. The largest absolute Gasteiger partial charge is 0.328 e. The van der Waals surface area contributed by atoms with Gasteiger partial charge in [0, 0.05) is 12.2 Å². The molecule has 0 aromatic heterocycles. The molecule has 1 heterocycles. The molecule has 4 nitrogen and oxygen atoms in total. The quantitative estimate of drug-likeness (QED) is 0.889. The van der Waals surface area contributed by atoms with E-state index in [1.165, 1.54) is 0 Å². The molecule has 1 atom stereocenters. The maximum atomic E-state index is 11.9. The van der Waals surface area contributed by atoms with Crippen LogP contribution in [0.5, 0.6) is 0 Å². The van der Waals surface area contributed by atoms with E-state index in [9.17, 15) is 9.59 Å². The van der Waals surface area contributed by atoms with Crippen LogP contribution in [0.2, 0.25) is 0 Å². The molecule has 18 heavy (non-hydrogen) atoms. The molecule has 1 aromatic carbocycles. The second-order valence-electron chi connectivity index (χ2n) is 4.68. The van der Waals surface area contributed by atoms with Gasteiger partial charge in [0.05, 0.1) is 5.92 Å². The Hall–Kier alpha value is -1.84. The second-order valence-corrected chi connectivity index (χ2v) is 4.68. The zero-order chi connectivity index (χ0) is 13.1. The van der Waals surface area contributed by atoms with Gasteiger partial charge in [0.25, 0.3) is 0 Å². The Morgan fingerprint density at radius 1 is 1.33 bits per heavy atom. The maximum absolute atomic E-state index is 11.9. The lowest BCUT2D eigenvalue weighted by atomic mass is 10.0. The van der Waals surface area contributed by atoms with Gasteiger partial charge in [-0.15, -0.1) is 0 Å². The number of nitrogens with zero attached hydrogens (tertiary/aromatic N) is 1. The van der Waals surface area contributed by atoms with Crippen LogP contribution in [0.1, 0.15) is 25.8 Å². The Bertz CT molecular complexity index is 471. The van der Waals surface area contributed by atoms with Crippen molar-refractivity contribution in [2.24, 2.45) is 5.92 Å². The third-order valence-corrected chi connectivity index (χ3v) is 3.18. The average molecular weight is 246 g/mol. The summed E-state index contributed by atoms with van der Waals surface area (Å²) in [5.41, 5.74) is 2.06. The van der Waals surface area contributed by atoms with E-state index in [1.807, 2.05) is 31.2 Å². The molecule has 3 amide bonds. The van der Waals surface area contributed by atoms with E-state index in [-0.39, 0.29) is 17.9 Å². The number of para-hydroxylation sites is 1. The molecule has 4 heteroatoms. The van der Waals surface area contributed by atoms with Gasteiger partial charge in [-0.2, -0.15) is 0 Å². The molecule has 2 rings (SSSR count). The lowest BCUT2D eigenvalue weighted by Crippen LogP contribution is -2.54. The van der Waals surface area contributed by atoms with Crippen LogP contribution in [0, 0.1) is 5.92 Å². The minimum absolute atomic E-state index is 0.169. The molecule has 1 aliphatic rings. The zero-order valence-corrected chi connectivity index (χ0v) is 10.8. The van der Waals surface area contributed by atoms with E-state index in [2.05, 4.69) is 12.2 Å². The number of aryl methyl sites for hydroxylation is 1. The molecule has 1 saturated heterocycles. The number of benzene rings is 1. The number of anilines is 1. The topological polar surface area (TPSA) is 49.4 Å². The summed E-state index contributed by atoms with van der Waals surface area (Å²) in [6.07, 6.45) is 1.96. The maximum Gasteiger partial charge on any atom is 0.328 e. The number of hydrogen-bond acceptors (Lipinski definition) is 2. The Morgan fingerprint density at radius 3 is 2.78 bits per heavy atom. The van der Waals surface area contributed by atoms with Crippen molar-refractivity contribution in [3.63, 3.8) is 0 Å². The van der Waals surface area contributed by atoms with Crippen LogP contribution >= 0.6 is 0 Å². The number of amides is 3. The van der Waals surface area contributed by atoms with Gasteiger partial charge in [-0.25, -0.2) is 4.79 Å². The van der Waals surface area contributed by atoms with Crippen molar-refractivity contribution < 1.29 is 9.59 Å². The third kappa shape index (κ3) is 2.37. The number of carbonyl (C=O) groups is 2. The molecule has 0 saturated carbocycles. The van der Waals surface area contributed by atoms with Gasteiger partial charge in [-0.3, -0.25) is 15.0 Å². The Kier molecular flexibility index (Phi) is 3.65. The Balaban J connectivity index is 2.30. The van der Waals surface area contributed by atoms with Crippen LogP contribution in [0.3, 0.4) is 0 Å². The zero-order valence-electron chi connectivity index (χ0n) is 10.8. The number of rotatable bonds is 3. The summed E-state index contributed by atoms with van der Waals surface area (Å²) in [4.78, 5) is 25.0. The van der Waals surface area contributed by atoms with Gasteiger partial charge in [0.1, 0.15) is 0 Å². The van der Waals surface area contributed by atoms with E-state index in [4.69, 9.17) is 0 Å². The first kappa shape index (κ1) is 12.6. The highest BCUT2D eigenvalue weighted by Crippen LogP contribution is 2.24. The standard InChI is InChI=1S/C14H18N2O2/c1-3-6-11-7-4-5-8-12(11)16-9-10(2)13(17)15-14(16)18/h4-5,7-8,10H,3,6,9H2,1-2H3,(H,15,17,18). The minimum Gasteiger partial charge on any atom is -0.293 e. The number of nitrogens with one attached hydrogen (secondary N) is 1. The smallest absolute Gasteiger partial charge is 0.293 e. The third-order valence-electron chi connectivity index (χ3n) is 3.18. The van der Waals surface area contributed by atoms with Crippen molar-refractivity contribution in [3.05, 3.63) is 29.8 Å². The monoisotopic (exact) mass is 246 g/mol. The van der Waals surface area contributed by atoms with Gasteiger partial charge >= 0.3 is 6.03 Å². The molecular weight excluding hydrogens is 228 g/mol. The van der Waals surface area contributed by atoms with Gasteiger partial charge < -0.3 is 0 Å². The first-order chi connectivity index (χ1) is 8.63. The molecule has 1 unspecified atom stereocenters. The first-order valence-corrected chi connectivity index (χ1v) is 6.33. The van der Waals surface area contributed by atoms with Crippen molar-refractivity contribution in [1.82, 2.24) is 5.32 Å². The van der Waals surface area contributed by atoms with Crippen LogP contribution < -0.4 is 10.2 Å². The molecule has 1 aromatic rings. The summed E-state index contributed by atoms with van der Waals surface area (Å²) in [7, 11) is 0. The van der Waals surface area contributed by atoms with Crippen LogP contribution in [0.25, 0.3) is 0 Å². The Labute approximate surface area is 107 Å². The first-order valence-electron chi connectivity index (χ1n) is 6.33. The van der Waals surface area contributed by atoms with Crippen LogP contribution in [-0.2, 0) is 11.2 Å². The van der Waals surface area contributed by atoms with Gasteiger partial charge in [0.2, 0.25) is 5.91 Å². The van der Waals surface area contributed by atoms with Crippen molar-refractivity contribution in [2.45, 2.75) is 26.7 Å². The lowest BCUT2D eigenvalue weighted by molar-refractivity contribution is -0.123. The van der Waals surface area contributed by atoms with Crippen LogP contribution in [0.4, 0.5) is 10.5 Å². The summed E-state index contributed by atoms with van der Waals surface area (Å²) in [5, 5.41) is 2.39. The molecule has 1 fully saturated rings. The molecule has 1 aliphatic heterocycles. The highest BCUT2D eigenvalue weighted by atomic mass is 16.2. The van der Waals surface area contributed by atoms with E-state index in [1.54, 1.807) is 4.90 Å². The van der Waals surface area contributed by atoms with Crippen LogP contribution in [0.15, 0.2) is 24.3 Å². The minimum atomic E-state index is -0.318. The fraction of sp³-hybridized carbons (Fsp3) is 0.429. The van der Waals surface area contributed by atoms with E-state index in [0.717, 1.165) is 24.1 Å². The molecule has 0 bridgehead atoms. The molecule has 0 aliphatic carbocycles. The second kappa shape index (κ2) is 5.21. The number of imide groups is 1. The fourth-order valence-corrected chi connectivity index (χ4v) is 2.20. The summed E-state index contributed by atoms with van der Waals surface area (Å²) in [6, 6.07) is 7.55. The SMILES string of the molecule is CCCc1ccccc1N1CC(C)C(=O)NC1=O. The fourth-order valence-electron chi connectivity index (χ4n) is 2.20. The van der Waals surface area contributed by atoms with Gasteiger partial charge in [-0.05, 0) is 18.1 Å². The highest BCUT2D eigenvalue weighted by Gasteiger charge is 2.30. The van der Waals surface area contributed by atoms with Crippen molar-refractivity contribution in [3.8, 4) is 0 Å². The van der Waals surface area contributed by atoms with E-state index in [0.29, 0.717) is 6.54 Å². The predicted molar refractivity (Wildman–Crippen MR) is 70.5 cm³/mol. The van der Waals surface area contributed by atoms with Crippen molar-refractivity contribution >= 4 is 17.6 Å². The lowest BCUT2D eigenvalue weighted by Gasteiger charge is -2.31. The molecule has 96 valence electrons. The number of carbonyl (C=O) groups excluding carboxylic acids is 2. The number of hydrogen-bond donors (Lipinski definition) is 1. The van der Waals surface area contributed by atoms with Crippen LogP contribution in [-0.4, -0.2) is 18.5 Å². The average Bonchev–Trinajstić information content (AvgIpc) is 2.35. The normalized spacial score (nSPS) is 19.9. The van der Waals surface area contributed by atoms with E-state index < -0.39 is 0 Å². The number of urea groups is 1. The van der Waals surface area contributed by atoms with Gasteiger partial charge in [0.15, 0.2) is 0 Å². The predicted octanol–water partition coefficient (Wildman–Crippen LogP) is 2.33. The summed E-state index contributed by atoms with van der Waals surface area (Å²) < 4.78 is 0. The summed E-state index contributed by atoms with van der Waals surface area (Å²) in [6.45, 7) is 4.39. The van der Waals surface area contributed by atoms with Crippen molar-refractivity contribution in [2.75, 3.05) is 11.4 Å². The summed E-state index contributed by atoms with van der Waals surface area (Å²) >= 11 is 0.